The first-order chi connectivity index (χ1) is 9.26. The van der Waals surface area contributed by atoms with Crippen molar-refractivity contribution in [3.8, 4) is 17.7 Å². The van der Waals surface area contributed by atoms with Gasteiger partial charge in [0, 0.05) is 29.2 Å². The van der Waals surface area contributed by atoms with Crippen molar-refractivity contribution in [1.82, 2.24) is 4.98 Å². The van der Waals surface area contributed by atoms with Crippen molar-refractivity contribution in [2.45, 2.75) is 11.5 Å². The fraction of sp³-hybridized carbons (Fsp3) is 0.0769. The third-order valence-electron chi connectivity index (χ3n) is 2.39. The number of nitrogens with zero attached hydrogens (tertiary/aromatic N) is 2. The van der Waals surface area contributed by atoms with Crippen molar-refractivity contribution in [3.05, 3.63) is 47.7 Å². The van der Waals surface area contributed by atoms with E-state index in [9.17, 15) is 5.11 Å². The van der Waals surface area contributed by atoms with Crippen LogP contribution in [0.3, 0.4) is 0 Å². The molecule has 19 heavy (non-hydrogen) atoms. The van der Waals surface area contributed by atoms with Crippen LogP contribution in [-0.4, -0.2) is 14.6 Å². The maximum Gasteiger partial charge on any atom is 0.219 e. The summed E-state index contributed by atoms with van der Waals surface area (Å²) in [6, 6.07) is 10.1. The molecule has 1 aromatic carbocycles. The third-order valence-corrected chi connectivity index (χ3v) is 2.98. The second kappa shape index (κ2) is 6.20. The van der Waals surface area contributed by atoms with Gasteiger partial charge in [-0.1, -0.05) is 0 Å². The van der Waals surface area contributed by atoms with Crippen molar-refractivity contribution in [2.24, 2.45) is 0 Å². The zero-order valence-corrected chi connectivity index (χ0v) is 10.6. The molecule has 1 heterocycles. The number of pyridine rings is 1. The Labute approximate surface area is 114 Å². The number of hydrogen-bond donors (Lipinski definition) is 2. The Balaban J connectivity index is 2.20. The van der Waals surface area contributed by atoms with E-state index in [2.05, 4.69) is 4.98 Å². The fourth-order valence-corrected chi connectivity index (χ4v) is 1.83. The molecule has 0 saturated heterocycles. The normalized spacial score (nSPS) is 9.95. The van der Waals surface area contributed by atoms with E-state index in [4.69, 9.17) is 14.6 Å². The molecule has 0 amide bonds. The van der Waals surface area contributed by atoms with Gasteiger partial charge in [-0.05, 0) is 29.8 Å². The Morgan fingerprint density at radius 2 is 2.16 bits per heavy atom. The fourth-order valence-electron chi connectivity index (χ4n) is 1.46. The van der Waals surface area contributed by atoms with Crippen LogP contribution in [0.5, 0.6) is 11.6 Å². The van der Waals surface area contributed by atoms with E-state index in [1.54, 1.807) is 30.3 Å². The van der Waals surface area contributed by atoms with Gasteiger partial charge in [0.1, 0.15) is 11.8 Å². The quantitative estimate of drug-likeness (QED) is 0.834. The minimum absolute atomic E-state index is 0.194. The Hall–Kier alpha value is -2.07. The predicted molar refractivity (Wildman–Crippen MR) is 69.9 cm³/mol. The highest BCUT2D eigenvalue weighted by Crippen LogP contribution is 2.27. The van der Waals surface area contributed by atoms with Gasteiger partial charge in [-0.2, -0.15) is 5.26 Å². The first-order valence-corrected chi connectivity index (χ1v) is 6.13. The SMILES string of the molecule is N#Cc1ccc(Oc2ccc(SO)c(CO)c2)nc1. The molecule has 2 N–H and O–H groups in total. The molecule has 0 saturated carbocycles. The number of hydrogen-bond acceptors (Lipinski definition) is 6. The third kappa shape index (κ3) is 3.23. The van der Waals surface area contributed by atoms with E-state index < -0.39 is 0 Å². The molecule has 0 unspecified atom stereocenters. The van der Waals surface area contributed by atoms with Crippen LogP contribution in [0.4, 0.5) is 0 Å². The maximum atomic E-state index is 9.18. The lowest BCUT2D eigenvalue weighted by atomic mass is 10.2. The smallest absolute Gasteiger partial charge is 0.219 e. The van der Waals surface area contributed by atoms with E-state index >= 15 is 0 Å². The number of nitriles is 1. The summed E-state index contributed by atoms with van der Waals surface area (Å²) in [5.74, 6) is 0.853. The molecule has 0 aliphatic carbocycles. The summed E-state index contributed by atoms with van der Waals surface area (Å²) in [5, 5.41) is 17.8. The average Bonchev–Trinajstić information content (AvgIpc) is 2.48. The lowest BCUT2D eigenvalue weighted by molar-refractivity contribution is 0.278. The highest BCUT2D eigenvalue weighted by molar-refractivity contribution is 7.93. The molecular weight excluding hydrogens is 264 g/mol. The molecule has 0 atom stereocenters. The highest BCUT2D eigenvalue weighted by atomic mass is 32.2. The summed E-state index contributed by atoms with van der Waals surface area (Å²) in [5.41, 5.74) is 1.02. The van der Waals surface area contributed by atoms with Gasteiger partial charge in [0.05, 0.1) is 12.2 Å². The van der Waals surface area contributed by atoms with Crippen LogP contribution < -0.4 is 4.74 Å². The molecule has 0 aliphatic rings. The first-order valence-electron chi connectivity index (χ1n) is 5.36. The number of aliphatic hydroxyl groups is 1. The van der Waals surface area contributed by atoms with Crippen molar-refractivity contribution < 1.29 is 14.4 Å². The highest BCUT2D eigenvalue weighted by Gasteiger charge is 2.05. The number of ether oxygens (including phenoxy) is 1. The van der Waals surface area contributed by atoms with Crippen LogP contribution in [0.15, 0.2) is 41.4 Å². The zero-order valence-electron chi connectivity index (χ0n) is 9.78. The van der Waals surface area contributed by atoms with Crippen LogP contribution in [-0.2, 0) is 6.61 Å². The summed E-state index contributed by atoms with van der Waals surface area (Å²) in [7, 11) is 0. The van der Waals surface area contributed by atoms with Crippen molar-refractivity contribution in [3.63, 3.8) is 0 Å². The summed E-state index contributed by atoms with van der Waals surface area (Å²) in [6.45, 7) is -0.194. The van der Waals surface area contributed by atoms with E-state index in [0.29, 0.717) is 39.7 Å². The Morgan fingerprint density at radius 3 is 2.74 bits per heavy atom. The van der Waals surface area contributed by atoms with Gasteiger partial charge < -0.3 is 14.4 Å². The van der Waals surface area contributed by atoms with Gasteiger partial charge in [0.2, 0.25) is 5.88 Å². The van der Waals surface area contributed by atoms with E-state index in [1.807, 2.05) is 6.07 Å². The summed E-state index contributed by atoms with van der Waals surface area (Å²) in [6.07, 6.45) is 1.42. The summed E-state index contributed by atoms with van der Waals surface area (Å²) < 4.78 is 14.5. The number of aliphatic hydroxyl groups excluding tert-OH is 1. The topological polar surface area (TPSA) is 86.4 Å². The summed E-state index contributed by atoms with van der Waals surface area (Å²) >= 11 is 0.573. The second-order valence-electron chi connectivity index (χ2n) is 3.62. The van der Waals surface area contributed by atoms with E-state index in [-0.39, 0.29) is 6.61 Å². The number of aromatic nitrogens is 1. The molecule has 5 nitrogen and oxygen atoms in total. The maximum absolute atomic E-state index is 9.18. The Kier molecular flexibility index (Phi) is 4.36. The number of benzene rings is 1. The van der Waals surface area contributed by atoms with Gasteiger partial charge in [-0.25, -0.2) is 4.98 Å². The molecule has 0 radical (unpaired) electrons. The first kappa shape index (κ1) is 13.4. The Bertz CT molecular complexity index is 608. The van der Waals surface area contributed by atoms with Crippen LogP contribution >= 0.6 is 12.0 Å². The number of rotatable bonds is 4. The standard InChI is InChI=1S/C13H10N2O3S/c14-6-9-1-4-13(15-7-9)18-11-2-3-12(19-17)10(5-11)8-16/h1-5,7,16-17H,8H2. The summed E-state index contributed by atoms with van der Waals surface area (Å²) in [4.78, 5) is 4.55. The van der Waals surface area contributed by atoms with E-state index in [0.717, 1.165) is 0 Å². The van der Waals surface area contributed by atoms with Gasteiger partial charge >= 0.3 is 0 Å². The molecule has 2 aromatic rings. The molecule has 96 valence electrons. The largest absolute Gasteiger partial charge is 0.439 e. The van der Waals surface area contributed by atoms with Gasteiger partial charge in [-0.15, -0.1) is 0 Å². The second-order valence-corrected chi connectivity index (χ2v) is 4.24. The predicted octanol–water partition coefficient (Wildman–Crippen LogP) is 2.80. The molecule has 0 bridgehead atoms. The molecule has 6 heteroatoms. The minimum atomic E-state index is -0.194. The van der Waals surface area contributed by atoms with Crippen molar-refractivity contribution >= 4 is 12.0 Å². The zero-order chi connectivity index (χ0) is 13.7. The van der Waals surface area contributed by atoms with Gasteiger partial charge in [0.25, 0.3) is 0 Å². The van der Waals surface area contributed by atoms with Crippen LogP contribution in [0.1, 0.15) is 11.1 Å². The molecular formula is C13H10N2O3S. The lowest BCUT2D eigenvalue weighted by Gasteiger charge is -2.08. The van der Waals surface area contributed by atoms with Crippen molar-refractivity contribution in [2.75, 3.05) is 0 Å². The average molecular weight is 274 g/mol. The van der Waals surface area contributed by atoms with Crippen molar-refractivity contribution in [1.29, 1.82) is 5.26 Å². The Morgan fingerprint density at radius 1 is 1.32 bits per heavy atom. The van der Waals surface area contributed by atoms with Gasteiger partial charge in [0.15, 0.2) is 0 Å². The molecule has 0 aliphatic heterocycles. The monoisotopic (exact) mass is 274 g/mol. The molecule has 1 aromatic heterocycles. The van der Waals surface area contributed by atoms with Gasteiger partial charge in [-0.3, -0.25) is 0 Å². The molecule has 0 spiro atoms. The van der Waals surface area contributed by atoms with Crippen LogP contribution in [0, 0.1) is 11.3 Å². The van der Waals surface area contributed by atoms with Crippen LogP contribution in [0.2, 0.25) is 0 Å². The molecule has 2 rings (SSSR count). The lowest BCUT2D eigenvalue weighted by Crippen LogP contribution is -1.92. The van der Waals surface area contributed by atoms with Crippen LogP contribution in [0.25, 0.3) is 0 Å². The van der Waals surface area contributed by atoms with E-state index in [1.165, 1.54) is 6.20 Å². The minimum Gasteiger partial charge on any atom is -0.439 e. The molecule has 0 fully saturated rings.